The summed E-state index contributed by atoms with van der Waals surface area (Å²) in [5.41, 5.74) is 0.965. The van der Waals surface area contributed by atoms with Crippen LogP contribution in [-0.2, 0) is 16.1 Å². The van der Waals surface area contributed by atoms with Crippen LogP contribution < -0.4 is 10.1 Å². The van der Waals surface area contributed by atoms with Crippen molar-refractivity contribution in [2.75, 3.05) is 13.2 Å². The molecule has 0 aromatic carbocycles. The van der Waals surface area contributed by atoms with E-state index in [-0.39, 0.29) is 18.1 Å². The summed E-state index contributed by atoms with van der Waals surface area (Å²) in [7, 11) is 0. The van der Waals surface area contributed by atoms with Crippen molar-refractivity contribution in [3.8, 4) is 5.88 Å². The number of hydrogen-bond acceptors (Lipinski definition) is 5. The van der Waals surface area contributed by atoms with Crippen molar-refractivity contribution < 1.29 is 14.3 Å². The average Bonchev–Trinajstić information content (AvgIpc) is 3.36. The van der Waals surface area contributed by atoms with E-state index >= 15 is 0 Å². The number of carbonyl (C=O) groups excluding carboxylic acids is 1. The van der Waals surface area contributed by atoms with Gasteiger partial charge in [0, 0.05) is 25.7 Å². The Morgan fingerprint density at radius 2 is 2.14 bits per heavy atom. The predicted octanol–water partition coefficient (Wildman–Crippen LogP) is 2.93. The summed E-state index contributed by atoms with van der Waals surface area (Å²) < 4.78 is 14.1. The van der Waals surface area contributed by atoms with Gasteiger partial charge in [-0.05, 0) is 44.1 Å². The molecule has 2 saturated carbocycles. The summed E-state index contributed by atoms with van der Waals surface area (Å²) >= 11 is 0. The van der Waals surface area contributed by atoms with Gasteiger partial charge in [0.2, 0.25) is 11.8 Å². The first-order valence-corrected chi connectivity index (χ1v) is 10.4. The highest BCUT2D eigenvalue weighted by molar-refractivity contribution is 5.81. The zero-order chi connectivity index (χ0) is 19.5. The standard InChI is InChI=1S/C21H30N4O3/c1-14(24-15(2)26)11-27-18-9-17(10-18)12-28-21-19-6-8-25(7-5-16-3-4-16)20(19)22-13-23-21/h6,8,13-14,16-18H,3-5,7,9-12H2,1-2H3,(H,24,26)/t14-,17?,18?/m0/s1. The smallest absolute Gasteiger partial charge is 0.226 e. The van der Waals surface area contributed by atoms with Crippen LogP contribution in [0.4, 0.5) is 0 Å². The monoisotopic (exact) mass is 386 g/mol. The first-order chi connectivity index (χ1) is 13.6. The van der Waals surface area contributed by atoms with Crippen LogP contribution in [0.5, 0.6) is 5.88 Å². The van der Waals surface area contributed by atoms with Crippen molar-refractivity contribution in [2.24, 2.45) is 11.8 Å². The predicted molar refractivity (Wildman–Crippen MR) is 106 cm³/mol. The second kappa shape index (κ2) is 8.47. The quantitative estimate of drug-likeness (QED) is 0.679. The van der Waals surface area contributed by atoms with Crippen LogP contribution in [0.3, 0.4) is 0 Å². The molecular weight excluding hydrogens is 356 g/mol. The minimum Gasteiger partial charge on any atom is -0.477 e. The Labute approximate surface area is 165 Å². The van der Waals surface area contributed by atoms with Crippen molar-refractivity contribution in [3.63, 3.8) is 0 Å². The van der Waals surface area contributed by atoms with Gasteiger partial charge in [-0.15, -0.1) is 0 Å². The van der Waals surface area contributed by atoms with Crippen molar-refractivity contribution >= 4 is 16.9 Å². The van der Waals surface area contributed by atoms with Gasteiger partial charge in [0.25, 0.3) is 0 Å². The number of amides is 1. The molecule has 0 spiro atoms. The molecule has 7 heteroatoms. The van der Waals surface area contributed by atoms with E-state index < -0.39 is 0 Å². The van der Waals surface area contributed by atoms with Gasteiger partial charge in [0.15, 0.2) is 0 Å². The van der Waals surface area contributed by atoms with E-state index in [2.05, 4.69) is 32.1 Å². The minimum atomic E-state index is -0.0199. The molecule has 0 radical (unpaired) electrons. The second-order valence-corrected chi connectivity index (χ2v) is 8.36. The molecule has 0 aliphatic heterocycles. The maximum atomic E-state index is 11.0. The zero-order valence-electron chi connectivity index (χ0n) is 16.8. The Balaban J connectivity index is 1.22. The van der Waals surface area contributed by atoms with E-state index in [0.29, 0.717) is 25.0 Å². The topological polar surface area (TPSA) is 78.3 Å². The molecule has 2 heterocycles. The lowest BCUT2D eigenvalue weighted by Gasteiger charge is -2.35. The van der Waals surface area contributed by atoms with Gasteiger partial charge >= 0.3 is 0 Å². The summed E-state index contributed by atoms with van der Waals surface area (Å²) in [6, 6.07) is 2.11. The van der Waals surface area contributed by atoms with Gasteiger partial charge in [-0.3, -0.25) is 4.79 Å². The third-order valence-corrected chi connectivity index (χ3v) is 5.67. The Kier molecular flexibility index (Phi) is 5.80. The zero-order valence-corrected chi connectivity index (χ0v) is 16.8. The number of aromatic nitrogens is 3. The van der Waals surface area contributed by atoms with Crippen molar-refractivity contribution in [3.05, 3.63) is 18.6 Å². The molecule has 1 atom stereocenters. The summed E-state index contributed by atoms with van der Waals surface area (Å²) in [6.45, 7) is 5.71. The molecule has 4 rings (SSSR count). The fourth-order valence-corrected chi connectivity index (χ4v) is 3.82. The molecule has 0 bridgehead atoms. The molecule has 2 aliphatic rings. The second-order valence-electron chi connectivity index (χ2n) is 8.36. The minimum absolute atomic E-state index is 0.0199. The molecule has 2 aromatic rings. The van der Waals surface area contributed by atoms with E-state index in [1.807, 2.05) is 6.92 Å². The number of hydrogen-bond donors (Lipinski definition) is 1. The number of nitrogens with one attached hydrogen (secondary N) is 1. The number of aryl methyl sites for hydroxylation is 1. The third kappa shape index (κ3) is 4.82. The van der Waals surface area contributed by atoms with Crippen LogP contribution >= 0.6 is 0 Å². The molecule has 1 amide bonds. The van der Waals surface area contributed by atoms with Crippen LogP contribution in [0.15, 0.2) is 18.6 Å². The Bertz CT molecular complexity index is 811. The summed E-state index contributed by atoms with van der Waals surface area (Å²) in [5.74, 6) is 2.06. The highest BCUT2D eigenvalue weighted by atomic mass is 16.5. The van der Waals surface area contributed by atoms with E-state index in [9.17, 15) is 4.79 Å². The summed E-state index contributed by atoms with van der Waals surface area (Å²) in [5, 5.41) is 3.83. The van der Waals surface area contributed by atoms with Crippen LogP contribution in [0.2, 0.25) is 0 Å². The van der Waals surface area contributed by atoms with Gasteiger partial charge in [0.1, 0.15) is 12.0 Å². The van der Waals surface area contributed by atoms with Crippen LogP contribution in [0, 0.1) is 11.8 Å². The largest absolute Gasteiger partial charge is 0.477 e. The van der Waals surface area contributed by atoms with Crippen LogP contribution in [-0.4, -0.2) is 45.8 Å². The molecule has 0 unspecified atom stereocenters. The normalized spacial score (nSPS) is 22.6. The SMILES string of the molecule is CC(=O)N[C@@H](C)COC1CC(COc2ncnc3c2ccn3CCC2CC2)C1. The number of carbonyl (C=O) groups is 1. The van der Waals surface area contributed by atoms with E-state index in [4.69, 9.17) is 9.47 Å². The van der Waals surface area contributed by atoms with Gasteiger partial charge in [-0.25, -0.2) is 9.97 Å². The van der Waals surface area contributed by atoms with E-state index in [1.54, 1.807) is 6.33 Å². The Morgan fingerprint density at radius 3 is 2.89 bits per heavy atom. The molecule has 1 N–H and O–H groups in total. The van der Waals surface area contributed by atoms with Gasteiger partial charge in [0.05, 0.1) is 24.7 Å². The molecule has 2 aliphatic carbocycles. The first kappa shape index (κ1) is 19.2. The lowest BCUT2D eigenvalue weighted by atomic mass is 9.83. The molecule has 152 valence electrons. The first-order valence-electron chi connectivity index (χ1n) is 10.4. The lowest BCUT2D eigenvalue weighted by Crippen LogP contribution is -2.40. The molecular formula is C21H30N4O3. The van der Waals surface area contributed by atoms with Gasteiger partial charge in [-0.2, -0.15) is 0 Å². The fraction of sp³-hybridized carbons (Fsp3) is 0.667. The molecule has 0 saturated heterocycles. The van der Waals surface area contributed by atoms with Crippen molar-refractivity contribution in [1.82, 2.24) is 19.9 Å². The van der Waals surface area contributed by atoms with Gasteiger partial charge in [-0.1, -0.05) is 12.8 Å². The number of fused-ring (bicyclic) bond motifs is 1. The van der Waals surface area contributed by atoms with Gasteiger partial charge < -0.3 is 19.4 Å². The molecule has 2 fully saturated rings. The maximum Gasteiger partial charge on any atom is 0.226 e. The number of nitrogens with zero attached hydrogens (tertiary/aromatic N) is 3. The van der Waals surface area contributed by atoms with Crippen LogP contribution in [0.1, 0.15) is 46.0 Å². The van der Waals surface area contributed by atoms with Crippen molar-refractivity contribution in [1.29, 1.82) is 0 Å². The molecule has 2 aromatic heterocycles. The summed E-state index contributed by atoms with van der Waals surface area (Å²) in [4.78, 5) is 19.8. The molecule has 28 heavy (non-hydrogen) atoms. The Morgan fingerprint density at radius 1 is 1.32 bits per heavy atom. The van der Waals surface area contributed by atoms with Crippen molar-refractivity contribution in [2.45, 2.75) is 64.6 Å². The number of ether oxygens (including phenoxy) is 2. The van der Waals surface area contributed by atoms with Crippen LogP contribution in [0.25, 0.3) is 11.0 Å². The van der Waals surface area contributed by atoms with E-state index in [0.717, 1.165) is 36.3 Å². The summed E-state index contributed by atoms with van der Waals surface area (Å²) in [6.07, 6.45) is 9.92. The Hall–Kier alpha value is -2.15. The average molecular weight is 386 g/mol. The number of rotatable bonds is 10. The highest BCUT2D eigenvalue weighted by Crippen LogP contribution is 2.34. The third-order valence-electron chi connectivity index (χ3n) is 5.67. The molecule has 7 nitrogen and oxygen atoms in total. The highest BCUT2D eigenvalue weighted by Gasteiger charge is 2.31. The maximum absolute atomic E-state index is 11.0. The fourth-order valence-electron chi connectivity index (χ4n) is 3.82. The van der Waals surface area contributed by atoms with E-state index in [1.165, 1.54) is 26.2 Å². The lowest BCUT2D eigenvalue weighted by molar-refractivity contribution is -0.120.